The third kappa shape index (κ3) is 6.21. The minimum Gasteiger partial charge on any atom is -0.447 e. The second-order valence-electron chi connectivity index (χ2n) is 18.3. The summed E-state index contributed by atoms with van der Waals surface area (Å²) in [7, 11) is 0. The number of pyridine rings is 1. The highest BCUT2D eigenvalue weighted by atomic mass is 16.3. The summed E-state index contributed by atoms with van der Waals surface area (Å²) in [4.78, 5) is 5.00. The average molecular weight is 925 g/mol. The van der Waals surface area contributed by atoms with Crippen LogP contribution in [-0.4, -0.2) is 18.7 Å². The summed E-state index contributed by atoms with van der Waals surface area (Å²) in [6.07, 6.45) is 5.85. The molecule has 72 heavy (non-hydrogen) atoms. The molecule has 0 aliphatic heterocycles. The first-order valence-electron chi connectivity index (χ1n) is 24.2. The molecule has 0 fully saturated rings. The largest absolute Gasteiger partial charge is 0.447 e. The topological polar surface area (TPSA) is 67.1 Å². The molecule has 0 N–H and O–H groups in total. The van der Waals surface area contributed by atoms with Gasteiger partial charge in [0, 0.05) is 61.6 Å². The number of fused-ring (bicyclic) bond motifs is 15. The van der Waals surface area contributed by atoms with Gasteiger partial charge in [-0.05, 0) is 122 Å². The summed E-state index contributed by atoms with van der Waals surface area (Å²) in [5.74, 6) is 0.813. The Hall–Kier alpha value is -9.85. The molecule has 0 atom stereocenters. The van der Waals surface area contributed by atoms with Crippen LogP contribution in [0, 0.1) is 0 Å². The fraction of sp³-hybridized carbons (Fsp3) is 0. The summed E-state index contributed by atoms with van der Waals surface area (Å²) in [6, 6.07) is 78.5. The lowest BCUT2D eigenvalue weighted by molar-refractivity contribution is 0.596. The number of hydrogen-bond donors (Lipinski definition) is 0. The molecule has 0 saturated heterocycles. The summed E-state index contributed by atoms with van der Waals surface area (Å²) < 4.78 is 24.6. The number of nitrogens with zero attached hydrogens (tertiary/aromatic N) is 4. The standard InChI is InChI=1S/C34H21NO.C31H19N3O2/c1-2-12-27-25(10-1)26-11-3-4-13-28(26)32-21-23(16-17-29(27)32)22-8-7-9-24(20-22)35-33-15-6-5-14-30(33)31-18-19-36-34(31)35;1-3-12-27-22(9-1)24-15-17-33(30(24)35-27)21-8-5-7-20(19-21)26-11-6-14-29(32-26)34-18-16-25-23-10-2-4-13-28(23)36-31(25)34/h1-21H;1-19H. The number of rotatable bonds is 5. The van der Waals surface area contributed by atoms with E-state index in [1.165, 1.54) is 48.8 Å². The van der Waals surface area contributed by atoms with E-state index in [1.54, 1.807) is 6.26 Å². The van der Waals surface area contributed by atoms with Crippen molar-refractivity contribution < 1.29 is 13.3 Å². The minimum atomic E-state index is 0.800. The molecular weight excluding hydrogens is 885 g/mol. The van der Waals surface area contributed by atoms with E-state index in [1.807, 2.05) is 65.4 Å². The Bertz CT molecular complexity index is 4600. The van der Waals surface area contributed by atoms with Crippen LogP contribution in [0.2, 0.25) is 0 Å². The molecule has 7 heteroatoms. The maximum absolute atomic E-state index is 6.19. The Balaban J connectivity index is 0.000000128. The van der Waals surface area contributed by atoms with Crippen LogP contribution in [-0.2, 0) is 0 Å². The van der Waals surface area contributed by atoms with Crippen LogP contribution in [0.25, 0.3) is 138 Å². The molecule has 16 aromatic rings. The monoisotopic (exact) mass is 924 g/mol. The van der Waals surface area contributed by atoms with Crippen LogP contribution < -0.4 is 0 Å². The average Bonchev–Trinajstić information content (AvgIpc) is 4.32. The molecule has 0 unspecified atom stereocenters. The van der Waals surface area contributed by atoms with Crippen LogP contribution in [0.3, 0.4) is 0 Å². The van der Waals surface area contributed by atoms with Crippen molar-refractivity contribution in [1.29, 1.82) is 0 Å². The van der Waals surface area contributed by atoms with Crippen molar-refractivity contribution in [3.05, 3.63) is 243 Å². The highest BCUT2D eigenvalue weighted by Gasteiger charge is 2.18. The Kier molecular flexibility index (Phi) is 8.82. The molecule has 0 bridgehead atoms. The number of furan rings is 3. The lowest BCUT2D eigenvalue weighted by Gasteiger charge is -2.13. The van der Waals surface area contributed by atoms with E-state index in [9.17, 15) is 0 Å². The highest BCUT2D eigenvalue weighted by molar-refractivity contribution is 6.25. The molecule has 0 radical (unpaired) electrons. The molecule has 338 valence electrons. The van der Waals surface area contributed by atoms with E-state index in [-0.39, 0.29) is 0 Å². The van der Waals surface area contributed by atoms with Crippen molar-refractivity contribution >= 4 is 98.5 Å². The van der Waals surface area contributed by atoms with Gasteiger partial charge in [-0.25, -0.2) is 4.98 Å². The van der Waals surface area contributed by atoms with Crippen molar-refractivity contribution in [2.75, 3.05) is 0 Å². The first-order chi connectivity index (χ1) is 35.7. The van der Waals surface area contributed by atoms with Gasteiger partial charge in [-0.1, -0.05) is 146 Å². The minimum absolute atomic E-state index is 0.800. The summed E-state index contributed by atoms with van der Waals surface area (Å²) in [6.45, 7) is 0. The Morgan fingerprint density at radius 1 is 0.319 bits per heavy atom. The zero-order valence-corrected chi connectivity index (χ0v) is 38.6. The van der Waals surface area contributed by atoms with Crippen molar-refractivity contribution in [3.63, 3.8) is 0 Å². The number of benzene rings is 9. The van der Waals surface area contributed by atoms with Crippen LogP contribution in [0.4, 0.5) is 0 Å². The van der Waals surface area contributed by atoms with Gasteiger partial charge < -0.3 is 13.3 Å². The highest BCUT2D eigenvalue weighted by Crippen LogP contribution is 2.39. The van der Waals surface area contributed by atoms with E-state index in [0.29, 0.717) is 0 Å². The van der Waals surface area contributed by atoms with Gasteiger partial charge in [0.15, 0.2) is 0 Å². The predicted octanol–water partition coefficient (Wildman–Crippen LogP) is 17.6. The molecule has 9 aromatic carbocycles. The van der Waals surface area contributed by atoms with Crippen molar-refractivity contribution in [2.24, 2.45) is 0 Å². The van der Waals surface area contributed by atoms with Gasteiger partial charge in [0.05, 0.1) is 17.5 Å². The first kappa shape index (κ1) is 40.1. The summed E-state index contributed by atoms with van der Waals surface area (Å²) in [5, 5.41) is 14.5. The molecule has 0 saturated carbocycles. The van der Waals surface area contributed by atoms with Crippen LogP contribution in [0.1, 0.15) is 0 Å². The van der Waals surface area contributed by atoms with Crippen LogP contribution in [0.15, 0.2) is 256 Å². The molecular formula is C65H40N4O3. The predicted molar refractivity (Wildman–Crippen MR) is 294 cm³/mol. The lowest BCUT2D eigenvalue weighted by atomic mass is 9.92. The van der Waals surface area contributed by atoms with Crippen molar-refractivity contribution in [3.8, 4) is 39.6 Å². The van der Waals surface area contributed by atoms with Gasteiger partial charge in [-0.2, -0.15) is 0 Å². The Morgan fingerprint density at radius 2 is 0.847 bits per heavy atom. The third-order valence-corrected chi connectivity index (χ3v) is 14.3. The van der Waals surface area contributed by atoms with Gasteiger partial charge in [-0.3, -0.25) is 13.7 Å². The fourth-order valence-electron chi connectivity index (χ4n) is 11.0. The lowest BCUT2D eigenvalue weighted by Crippen LogP contribution is -1.97. The van der Waals surface area contributed by atoms with Gasteiger partial charge in [0.2, 0.25) is 17.1 Å². The Morgan fingerprint density at radius 3 is 1.57 bits per heavy atom. The molecule has 7 aromatic heterocycles. The quantitative estimate of drug-likeness (QED) is 0.161. The molecule has 0 spiro atoms. The number of aromatic nitrogens is 4. The number of hydrogen-bond acceptors (Lipinski definition) is 4. The SMILES string of the molecule is c1cc(-c2ccc3c4ccccc4c4ccccc4c3c2)cc(-n2c3ccccc3c3ccoc32)c1.c1cc(-c2cccc(-n3ccc4c5ccccc5oc43)n2)cc(-n2ccc3c4ccccc4oc32)c1. The van der Waals surface area contributed by atoms with Gasteiger partial charge >= 0.3 is 0 Å². The molecule has 7 nitrogen and oxygen atoms in total. The van der Waals surface area contributed by atoms with E-state index in [0.717, 1.165) is 89.2 Å². The maximum atomic E-state index is 6.19. The summed E-state index contributed by atoms with van der Waals surface area (Å²) >= 11 is 0. The van der Waals surface area contributed by atoms with Gasteiger partial charge in [0.1, 0.15) is 17.0 Å². The van der Waals surface area contributed by atoms with E-state index >= 15 is 0 Å². The molecule has 0 amide bonds. The van der Waals surface area contributed by atoms with Crippen molar-refractivity contribution in [2.45, 2.75) is 0 Å². The number of para-hydroxylation sites is 3. The summed E-state index contributed by atoms with van der Waals surface area (Å²) in [5.41, 5.74) is 11.9. The maximum Gasteiger partial charge on any atom is 0.213 e. The fourth-order valence-corrected chi connectivity index (χ4v) is 11.0. The van der Waals surface area contributed by atoms with Crippen LogP contribution >= 0.6 is 0 Å². The molecule has 0 aliphatic carbocycles. The third-order valence-electron chi connectivity index (χ3n) is 14.3. The van der Waals surface area contributed by atoms with Crippen molar-refractivity contribution in [1.82, 2.24) is 18.7 Å². The molecule has 7 heterocycles. The normalized spacial score (nSPS) is 11.9. The second-order valence-corrected chi connectivity index (χ2v) is 18.3. The van der Waals surface area contributed by atoms with E-state index in [4.69, 9.17) is 18.2 Å². The first-order valence-corrected chi connectivity index (χ1v) is 24.2. The second kappa shape index (κ2) is 15.8. The zero-order chi connectivity index (χ0) is 47.3. The van der Waals surface area contributed by atoms with E-state index in [2.05, 4.69) is 185 Å². The van der Waals surface area contributed by atoms with Gasteiger partial charge in [-0.15, -0.1) is 0 Å². The smallest absolute Gasteiger partial charge is 0.213 e. The zero-order valence-electron chi connectivity index (χ0n) is 38.6. The van der Waals surface area contributed by atoms with Crippen LogP contribution in [0.5, 0.6) is 0 Å². The molecule has 16 rings (SSSR count). The van der Waals surface area contributed by atoms with E-state index < -0.39 is 0 Å². The Labute approximate surface area is 411 Å². The molecule has 0 aliphatic rings. The van der Waals surface area contributed by atoms with Gasteiger partial charge in [0.25, 0.3) is 0 Å².